The fraction of sp³-hybridized carbons (Fsp3) is 0.692. The van der Waals surface area contributed by atoms with Crippen LogP contribution in [-0.4, -0.2) is 27.9 Å². The Morgan fingerprint density at radius 2 is 1.91 bits per heavy atom. The summed E-state index contributed by atoms with van der Waals surface area (Å²) in [5.41, 5.74) is -2.03. The third kappa shape index (κ3) is 4.17. The molecule has 1 saturated carbocycles. The van der Waals surface area contributed by atoms with Gasteiger partial charge in [-0.1, -0.05) is 6.42 Å². The average molecular weight is 343 g/mol. The topological polar surface area (TPSA) is 46.9 Å². The van der Waals surface area contributed by atoms with Crippen molar-refractivity contribution in [2.45, 2.75) is 44.1 Å². The van der Waals surface area contributed by atoms with E-state index in [1.54, 1.807) is 0 Å². The quantitative estimate of drug-likeness (QED) is 0.838. The molecular formula is C13H15F6N3O. The van der Waals surface area contributed by atoms with E-state index in [-0.39, 0.29) is 19.3 Å². The molecule has 0 saturated heterocycles. The SMILES string of the molecule is Cn1cc(C(=O)NC2CCCC(C(F)(F)F)C2)c(C(F)(F)F)n1. The van der Waals surface area contributed by atoms with Crippen LogP contribution >= 0.6 is 0 Å². The number of halogens is 6. The van der Waals surface area contributed by atoms with E-state index in [1.165, 1.54) is 7.05 Å². The van der Waals surface area contributed by atoms with Crippen LogP contribution in [0.25, 0.3) is 0 Å². The van der Waals surface area contributed by atoms with Crippen molar-refractivity contribution < 1.29 is 31.1 Å². The van der Waals surface area contributed by atoms with Gasteiger partial charge in [0.25, 0.3) is 5.91 Å². The van der Waals surface area contributed by atoms with Gasteiger partial charge in [0.1, 0.15) is 0 Å². The van der Waals surface area contributed by atoms with Crippen molar-refractivity contribution in [3.63, 3.8) is 0 Å². The molecule has 2 rings (SSSR count). The van der Waals surface area contributed by atoms with Gasteiger partial charge in [0.15, 0.2) is 5.69 Å². The minimum absolute atomic E-state index is 0.0312. The molecule has 23 heavy (non-hydrogen) atoms. The number of rotatable bonds is 2. The van der Waals surface area contributed by atoms with Gasteiger partial charge in [0, 0.05) is 19.3 Å². The van der Waals surface area contributed by atoms with E-state index in [2.05, 4.69) is 10.4 Å². The lowest BCUT2D eigenvalue weighted by atomic mass is 9.85. The first-order chi connectivity index (χ1) is 10.5. The summed E-state index contributed by atoms with van der Waals surface area (Å²) in [6.07, 6.45) is -8.06. The lowest BCUT2D eigenvalue weighted by molar-refractivity contribution is -0.183. The Morgan fingerprint density at radius 1 is 1.26 bits per heavy atom. The molecule has 0 spiro atoms. The Balaban J connectivity index is 2.11. The number of aryl methyl sites for hydroxylation is 1. The lowest BCUT2D eigenvalue weighted by Gasteiger charge is -2.31. The van der Waals surface area contributed by atoms with E-state index in [9.17, 15) is 31.1 Å². The van der Waals surface area contributed by atoms with Gasteiger partial charge in [-0.25, -0.2) is 0 Å². The summed E-state index contributed by atoms with van der Waals surface area (Å²) in [4.78, 5) is 12.0. The number of aromatic nitrogens is 2. The molecule has 1 heterocycles. The van der Waals surface area contributed by atoms with E-state index in [0.717, 1.165) is 10.9 Å². The number of alkyl halides is 6. The van der Waals surface area contributed by atoms with E-state index in [0.29, 0.717) is 6.42 Å². The van der Waals surface area contributed by atoms with Crippen LogP contribution in [0.2, 0.25) is 0 Å². The van der Waals surface area contributed by atoms with Crippen molar-refractivity contribution in [3.8, 4) is 0 Å². The summed E-state index contributed by atoms with van der Waals surface area (Å²) in [5.74, 6) is -2.60. The predicted molar refractivity (Wildman–Crippen MR) is 67.5 cm³/mol. The zero-order valence-corrected chi connectivity index (χ0v) is 12.1. The van der Waals surface area contributed by atoms with Gasteiger partial charge in [0.2, 0.25) is 0 Å². The van der Waals surface area contributed by atoms with Crippen molar-refractivity contribution >= 4 is 5.91 Å². The summed E-state index contributed by atoms with van der Waals surface area (Å²) >= 11 is 0. The van der Waals surface area contributed by atoms with Gasteiger partial charge in [-0.15, -0.1) is 0 Å². The zero-order chi connectivity index (χ0) is 17.4. The van der Waals surface area contributed by atoms with Crippen LogP contribution in [0, 0.1) is 5.92 Å². The van der Waals surface area contributed by atoms with Crippen LogP contribution in [0.1, 0.15) is 41.7 Å². The van der Waals surface area contributed by atoms with Gasteiger partial charge in [-0.3, -0.25) is 9.48 Å². The number of nitrogens with one attached hydrogen (secondary N) is 1. The maximum Gasteiger partial charge on any atom is 0.435 e. The number of carbonyl (C=O) groups is 1. The second-order valence-corrected chi connectivity index (χ2v) is 5.64. The first kappa shape index (κ1) is 17.6. The van der Waals surface area contributed by atoms with Crippen molar-refractivity contribution in [1.29, 1.82) is 0 Å². The minimum Gasteiger partial charge on any atom is -0.349 e. The summed E-state index contributed by atoms with van der Waals surface area (Å²) in [6.45, 7) is 0. The molecule has 4 nitrogen and oxygen atoms in total. The molecule has 130 valence electrons. The van der Waals surface area contributed by atoms with Crippen LogP contribution in [0.15, 0.2) is 6.20 Å². The number of amides is 1. The molecule has 0 aromatic carbocycles. The van der Waals surface area contributed by atoms with Crippen molar-refractivity contribution in [2.75, 3.05) is 0 Å². The van der Waals surface area contributed by atoms with Crippen LogP contribution in [0.5, 0.6) is 0 Å². The monoisotopic (exact) mass is 343 g/mol. The molecule has 0 bridgehead atoms. The van der Waals surface area contributed by atoms with E-state index >= 15 is 0 Å². The van der Waals surface area contributed by atoms with Crippen LogP contribution in [0.3, 0.4) is 0 Å². The molecule has 1 aromatic rings. The zero-order valence-electron chi connectivity index (χ0n) is 12.1. The molecule has 1 aliphatic rings. The summed E-state index contributed by atoms with van der Waals surface area (Å²) in [7, 11) is 1.23. The van der Waals surface area contributed by atoms with Crippen molar-refractivity contribution in [3.05, 3.63) is 17.5 Å². The standard InChI is InChI=1S/C13H15F6N3O/c1-22-6-9(10(21-22)13(17,18)19)11(23)20-8-4-2-3-7(5-8)12(14,15)16/h6-8H,2-5H2,1H3,(H,20,23). The van der Waals surface area contributed by atoms with Gasteiger partial charge in [-0.2, -0.15) is 31.4 Å². The molecule has 2 atom stereocenters. The highest BCUT2D eigenvalue weighted by Crippen LogP contribution is 2.37. The highest BCUT2D eigenvalue weighted by atomic mass is 19.4. The predicted octanol–water partition coefficient (Wildman–Crippen LogP) is 3.29. The van der Waals surface area contributed by atoms with E-state index in [4.69, 9.17) is 0 Å². The Bertz CT molecular complexity index is 577. The molecule has 1 aromatic heterocycles. The van der Waals surface area contributed by atoms with Crippen molar-refractivity contribution in [1.82, 2.24) is 15.1 Å². The number of nitrogens with zero attached hydrogens (tertiary/aromatic N) is 2. The molecule has 1 N–H and O–H groups in total. The smallest absolute Gasteiger partial charge is 0.349 e. The summed E-state index contributed by atoms with van der Waals surface area (Å²) in [5, 5.41) is 5.47. The number of carbonyl (C=O) groups excluding carboxylic acids is 1. The van der Waals surface area contributed by atoms with Gasteiger partial charge >= 0.3 is 12.4 Å². The maximum absolute atomic E-state index is 12.8. The van der Waals surface area contributed by atoms with Crippen molar-refractivity contribution in [2.24, 2.45) is 13.0 Å². The molecule has 0 aliphatic heterocycles. The molecule has 10 heteroatoms. The Kier molecular flexibility index (Phi) is 4.63. The third-order valence-corrected chi connectivity index (χ3v) is 3.81. The van der Waals surface area contributed by atoms with Crippen LogP contribution < -0.4 is 5.32 Å². The first-order valence-corrected chi connectivity index (χ1v) is 6.97. The highest BCUT2D eigenvalue weighted by Gasteiger charge is 2.43. The largest absolute Gasteiger partial charge is 0.435 e. The van der Waals surface area contributed by atoms with Crippen LogP contribution in [-0.2, 0) is 13.2 Å². The van der Waals surface area contributed by atoms with Gasteiger partial charge < -0.3 is 5.32 Å². The highest BCUT2D eigenvalue weighted by molar-refractivity contribution is 5.95. The first-order valence-electron chi connectivity index (χ1n) is 6.97. The molecule has 0 radical (unpaired) electrons. The van der Waals surface area contributed by atoms with E-state index < -0.39 is 41.5 Å². The molecule has 2 unspecified atom stereocenters. The Labute approximate surface area is 127 Å². The molecule has 1 aliphatic carbocycles. The second-order valence-electron chi connectivity index (χ2n) is 5.64. The number of hydrogen-bond acceptors (Lipinski definition) is 2. The third-order valence-electron chi connectivity index (χ3n) is 3.81. The Hall–Kier alpha value is -1.74. The van der Waals surface area contributed by atoms with Gasteiger partial charge in [0.05, 0.1) is 11.5 Å². The summed E-state index contributed by atoms with van der Waals surface area (Å²) in [6, 6.07) is -0.802. The lowest BCUT2D eigenvalue weighted by Crippen LogP contribution is -2.41. The molecule has 1 fully saturated rings. The molecular weight excluding hydrogens is 328 g/mol. The summed E-state index contributed by atoms with van der Waals surface area (Å²) < 4.78 is 77.5. The van der Waals surface area contributed by atoms with Gasteiger partial charge in [-0.05, 0) is 19.3 Å². The Morgan fingerprint density at radius 3 is 2.48 bits per heavy atom. The average Bonchev–Trinajstić information content (AvgIpc) is 2.80. The minimum atomic E-state index is -4.81. The van der Waals surface area contributed by atoms with E-state index in [1.807, 2.05) is 0 Å². The number of hydrogen-bond donors (Lipinski definition) is 1. The fourth-order valence-electron chi connectivity index (χ4n) is 2.75. The second kappa shape index (κ2) is 6.04. The maximum atomic E-state index is 12.8. The molecule has 1 amide bonds. The fourth-order valence-corrected chi connectivity index (χ4v) is 2.75. The normalized spacial score (nSPS) is 22.9. The van der Waals surface area contributed by atoms with Crippen LogP contribution in [0.4, 0.5) is 26.3 Å².